The van der Waals surface area contributed by atoms with Crippen LogP contribution < -0.4 is 76.4 Å². The van der Waals surface area contributed by atoms with Crippen LogP contribution >= 0.6 is 35.9 Å². The monoisotopic (exact) mass is 2210 g/mol. The normalized spacial score (nSPS) is 29.1. The molecule has 0 saturated carbocycles. The van der Waals surface area contributed by atoms with Gasteiger partial charge in [-0.2, -0.15) is 15.0 Å². The Hall–Kier alpha value is -8.01. The summed E-state index contributed by atoms with van der Waals surface area (Å²) in [6, 6.07) is 0. The summed E-state index contributed by atoms with van der Waals surface area (Å²) in [4.78, 5) is 174. The molecule has 6 saturated heterocycles. The Morgan fingerprint density at radius 1 is 0.418 bits per heavy atom. The lowest BCUT2D eigenvalue weighted by atomic mass is 10.1. The molecule has 6 fully saturated rings. The van der Waals surface area contributed by atoms with Crippen LogP contribution in [0.2, 0.25) is 0 Å². The quantitative estimate of drug-likeness (QED) is 0.0103. The summed E-state index contributed by atoms with van der Waals surface area (Å²) in [5.74, 6) is -0.765. The maximum Gasteiger partial charge on any atom is 0.351 e. The number of nitrogens with zero attached hydrogens (tertiary/aromatic N) is 16. The van der Waals surface area contributed by atoms with Gasteiger partial charge >= 0.3 is 17.1 Å². The number of aryl methyl sites for hydroxylation is 3. The highest BCUT2D eigenvalue weighted by Crippen LogP contribution is 2.57. The number of rotatable bonds is 52. The fraction of sp³-hybridized carbons (Fsp3) is 0.645. The highest BCUT2D eigenvalue weighted by Gasteiger charge is 2.57. The average Bonchev–Trinajstić information content (AvgIpc) is 1.61. The Kier molecular flexibility index (Phi) is 37.1. The first-order valence-corrected chi connectivity index (χ1v) is 55.1. The molecule has 806 valence electrons. The molecule has 9 aromatic rings. The van der Waals surface area contributed by atoms with Crippen molar-refractivity contribution in [2.45, 2.75) is 182 Å². The summed E-state index contributed by atoms with van der Waals surface area (Å²) in [7, 11) is -5.74. The molecule has 6 aliphatic rings. The van der Waals surface area contributed by atoms with Crippen LogP contribution in [0.5, 0.6) is 0 Å². The second-order valence-electron chi connectivity index (χ2n) is 33.3. The molecule has 0 amide bonds. The number of phosphoric ester groups is 2. The van der Waals surface area contributed by atoms with Gasteiger partial charge in [0.1, 0.15) is 147 Å². The fourth-order valence-electron chi connectivity index (χ4n) is 16.7. The van der Waals surface area contributed by atoms with Crippen molar-refractivity contribution >= 4 is 134 Å². The van der Waals surface area contributed by atoms with Crippen LogP contribution in [0.1, 0.15) is 73.8 Å². The maximum atomic E-state index is 15.6. The predicted molar refractivity (Wildman–Crippen MR) is 499 cm³/mol. The van der Waals surface area contributed by atoms with Gasteiger partial charge in [-0.05, 0) is 27.2 Å². The second kappa shape index (κ2) is 48.3. The van der Waals surface area contributed by atoms with E-state index >= 15 is 28.4 Å². The standard InChI is InChI=1S/C76H110N23O39P5S3/c1-10-38-39(21-45(128-38)97-32-86-46-61(79)82-30-84-63(46)97)134-141(110,144)126-28-43-51(56(120-18-13-115-7)72(132-43)99-34-88-48-65(99)91-73(81)92-67(48)102)136-139(106,107)123-26-41-50(55(119-17-12-114-6)69(130-41)95-23-36(3)60(78)90-75(95)104)135-140(108,109)124-27-42-52(57(121-19-14-116-8)70(131-42)96-24-37(4)66(101)93-76(96)105)137-143(112,146)127-29-44-53(58(122-20-15-117-9)71(133-44)98-33-87-47-62(80)83-31-85-64(47)98)138-142(111,145)125-25-40-49(100)54(118-16-11-113-5)68(129-40)94-22-35(2)59(77)89-74(94)103/h22-24,30-34,38-45,49-58,68-72,100H,10-21,25-29H2,1-9H3,(H,106,107)(H,108,109)(H,110,144)(H,111,145)(H,112,146)(H2,77,89,103)(H2,78,90,104)(H2,79,82,84)(H2,80,83,85)(H,93,101,105)(H3,81,91,92,102)/p-5/t38-,39?,40-,41-,42-,43-,44-,45-,49?,50?,51?,52?,53?,54+,55+,56+,57+,58+,68-,69-,70-,71-,72-,141?,142?,143?/m1/s1. The molecule has 28 atom stereocenters. The molecule has 0 bridgehead atoms. The number of phosphoric acid groups is 2. The summed E-state index contributed by atoms with van der Waals surface area (Å²) in [6.45, 7) is -17.1. The zero-order chi connectivity index (χ0) is 105. The van der Waals surface area contributed by atoms with Crippen molar-refractivity contribution in [1.82, 2.24) is 87.2 Å². The van der Waals surface area contributed by atoms with Gasteiger partial charge in [0.2, 0.25) is 5.95 Å². The van der Waals surface area contributed by atoms with Crippen LogP contribution in [0.25, 0.3) is 33.5 Å². The van der Waals surface area contributed by atoms with Crippen molar-refractivity contribution in [2.24, 2.45) is 0 Å². The number of ether oxygens (including phenoxy) is 16. The first-order valence-electron chi connectivity index (χ1n) is 44.5. The van der Waals surface area contributed by atoms with Crippen molar-refractivity contribution in [1.29, 1.82) is 0 Å². The predicted octanol–water partition coefficient (Wildman–Crippen LogP) is -3.83. The van der Waals surface area contributed by atoms with Crippen molar-refractivity contribution in [2.75, 3.05) is 163 Å². The number of aliphatic hydroxyl groups is 1. The van der Waals surface area contributed by atoms with E-state index in [2.05, 4.69) is 59.8 Å². The molecule has 0 aliphatic carbocycles. The molecule has 13 N–H and O–H groups in total. The number of hydrogen-bond acceptors (Lipinski definition) is 57. The minimum atomic E-state index is -6.24. The van der Waals surface area contributed by atoms with Crippen LogP contribution in [0.3, 0.4) is 0 Å². The molecule has 9 aromatic heterocycles. The Morgan fingerprint density at radius 3 is 1.28 bits per heavy atom. The van der Waals surface area contributed by atoms with Crippen LogP contribution in [-0.2, 0) is 171 Å². The highest BCUT2D eigenvalue weighted by molar-refractivity contribution is 8.32. The first kappa shape index (κ1) is 112. The summed E-state index contributed by atoms with van der Waals surface area (Å²) in [6.07, 6.45) is -28.3. The van der Waals surface area contributed by atoms with Gasteiger partial charge in [-0.3, -0.25) is 60.7 Å². The van der Waals surface area contributed by atoms with Gasteiger partial charge < -0.3 is 187 Å². The Morgan fingerprint density at radius 2 is 0.801 bits per heavy atom. The number of hydrogen-bond donors (Lipinski definition) is 8. The molecule has 62 nitrogen and oxygen atoms in total. The van der Waals surface area contributed by atoms with E-state index in [1.165, 1.54) is 79.1 Å². The highest BCUT2D eigenvalue weighted by atomic mass is 32.7. The van der Waals surface area contributed by atoms with Crippen LogP contribution in [0.15, 0.2) is 74.2 Å². The average molecular weight is 2220 g/mol. The lowest BCUT2D eigenvalue weighted by Crippen LogP contribution is -2.42. The third-order valence-electron chi connectivity index (χ3n) is 23.7. The van der Waals surface area contributed by atoms with E-state index in [0.717, 1.165) is 43.3 Å². The molecule has 15 heterocycles. The van der Waals surface area contributed by atoms with Crippen LogP contribution in [0.4, 0.5) is 29.2 Å². The molecular weight excluding hydrogens is 2110 g/mol. The number of aliphatic hydroxyl groups excluding tert-OH is 1. The zero-order valence-corrected chi connectivity index (χ0v) is 85.8. The number of H-pyrrole nitrogens is 2. The van der Waals surface area contributed by atoms with Gasteiger partial charge in [0, 0.05) is 77.3 Å². The Balaban J connectivity index is 0.719. The second-order valence-corrected chi connectivity index (χ2v) is 44.1. The number of fused-ring (bicyclic) bond motifs is 3. The molecule has 11 unspecified atom stereocenters. The third-order valence-corrected chi connectivity index (χ3v) is 30.3. The van der Waals surface area contributed by atoms with E-state index in [-0.39, 0.29) is 128 Å². The number of aromatic nitrogens is 18. The number of imidazole rings is 3. The lowest BCUT2D eigenvalue weighted by molar-refractivity contribution is -0.241. The van der Waals surface area contributed by atoms with Crippen molar-refractivity contribution in [3.05, 3.63) is 119 Å². The number of methoxy groups -OCH3 is 5. The number of anilines is 5. The minimum Gasteiger partial charge on any atom is -0.780 e. The molecule has 0 spiro atoms. The Labute approximate surface area is 840 Å². The first-order chi connectivity index (χ1) is 69.6. The van der Waals surface area contributed by atoms with Crippen LogP contribution in [-0.4, -0.2) is 331 Å². The molecular formula is C76H105N23O39P5S3-5. The molecule has 146 heavy (non-hydrogen) atoms. The number of nitrogen functional groups attached to an aromatic ring is 5. The SMILES string of the molecule is CC[C@H]1O[C@@H](n2cnc3c(N)ncnc32)CC1OP([O-])(=S)OC[C@H]1O[C@@H](n2cnc3c(=O)[nH]c(N)nc32)[C@@H](OCCOC)C1OP(=O)([O-])OC[C@H]1O[C@@H](n2cc(C)c(N)nc2=O)[C@@H](OCCOC)C1OP(=O)([O-])OC[C@H]1O[C@@H](n2cc(C)c(=O)[nH]c2=O)[C@@H](OCCOC)C1OP(=O)([S-])OC[C@H]1O[C@@H](n2cnc3c(N)ncnc32)[C@@H](OCCOC)C1OP([O-])(=S)OC[C@H]1O[C@@H](n2cc(C)c(N)nc2=O)[C@@H](OCCOC)C1O. The van der Waals surface area contributed by atoms with E-state index in [0.29, 0.717) is 11.2 Å². The summed E-state index contributed by atoms with van der Waals surface area (Å²) < 4.78 is 208. The number of nitrogens with two attached hydrogens (primary N) is 5. The maximum absolute atomic E-state index is 15.6. The molecule has 0 radical (unpaired) electrons. The Bertz CT molecular complexity index is 6640. The fourth-order valence-corrected chi connectivity index (χ4v) is 22.9. The van der Waals surface area contributed by atoms with Crippen molar-refractivity contribution in [3.63, 3.8) is 0 Å². The number of nitrogens with one attached hydrogen (secondary N) is 2. The summed E-state index contributed by atoms with van der Waals surface area (Å²) >= 11 is 16.8. The third kappa shape index (κ3) is 26.0. The zero-order valence-electron chi connectivity index (χ0n) is 78.9. The molecule has 6 aliphatic heterocycles. The lowest BCUT2D eigenvalue weighted by Gasteiger charge is -2.36. The van der Waals surface area contributed by atoms with Gasteiger partial charge in [-0.25, -0.2) is 49.3 Å². The largest absolute Gasteiger partial charge is 0.780 e. The van der Waals surface area contributed by atoms with E-state index < -0.39 is 257 Å². The van der Waals surface area contributed by atoms with Crippen molar-refractivity contribution < 1.29 is 159 Å². The van der Waals surface area contributed by atoms with Crippen LogP contribution in [0, 0.1) is 20.8 Å². The summed E-state index contributed by atoms with van der Waals surface area (Å²) in [5.41, 5.74) is 26.0. The van der Waals surface area contributed by atoms with E-state index in [4.69, 9.17) is 186 Å². The van der Waals surface area contributed by atoms with Gasteiger partial charge in [0.05, 0.1) is 130 Å². The topological polar surface area (TPSA) is 809 Å². The van der Waals surface area contributed by atoms with Gasteiger partial charge in [0.25, 0.3) is 26.8 Å². The summed E-state index contributed by atoms with van der Waals surface area (Å²) in [5, 5.41) is 11.8. The smallest absolute Gasteiger partial charge is 0.351 e. The minimum absolute atomic E-state index is 0.00171. The van der Waals surface area contributed by atoms with E-state index in [1.807, 2.05) is 0 Å². The molecule has 15 rings (SSSR count). The van der Waals surface area contributed by atoms with Gasteiger partial charge in [-0.1, -0.05) is 30.5 Å². The molecule has 70 heteroatoms. The molecule has 0 aromatic carbocycles. The van der Waals surface area contributed by atoms with Crippen molar-refractivity contribution in [3.8, 4) is 0 Å². The van der Waals surface area contributed by atoms with Gasteiger partial charge in [0.15, 0.2) is 72.0 Å². The van der Waals surface area contributed by atoms with E-state index in [9.17, 15) is 34.0 Å². The van der Waals surface area contributed by atoms with Gasteiger partial charge in [-0.15, -0.1) is 0 Å². The van der Waals surface area contributed by atoms with E-state index in [1.54, 1.807) is 18.4 Å². The number of aromatic amines is 2.